The van der Waals surface area contributed by atoms with Crippen molar-refractivity contribution < 1.29 is 4.79 Å². The molecule has 2 nitrogen and oxygen atoms in total. The first kappa shape index (κ1) is 7.68. The molecule has 1 heterocycles. The van der Waals surface area contributed by atoms with Crippen molar-refractivity contribution in [2.75, 3.05) is 10.1 Å². The van der Waals surface area contributed by atoms with Crippen LogP contribution in [0.5, 0.6) is 0 Å². The number of amides is 1. The van der Waals surface area contributed by atoms with E-state index in [9.17, 15) is 4.79 Å². The Hall–Kier alpha value is -0.960. The summed E-state index contributed by atoms with van der Waals surface area (Å²) in [5, 5.41) is 0. The lowest BCUT2D eigenvalue weighted by molar-refractivity contribution is -0.116. The molecule has 0 atom stereocenters. The maximum atomic E-state index is 11.3. The summed E-state index contributed by atoms with van der Waals surface area (Å²) in [7, 11) is 0. The van der Waals surface area contributed by atoms with Gasteiger partial charge < -0.3 is 0 Å². The van der Waals surface area contributed by atoms with Crippen molar-refractivity contribution in [3.8, 4) is 0 Å². The Balaban J connectivity index is 2.25. The number of carbonyl (C=O) groups excluding carboxylic acids is 1. The standard InChI is InChI=1S/C9H9NOS/c11-9-6-7-12-10(9)8-4-2-1-3-5-8/h1-5H,6-7H2. The Morgan fingerprint density at radius 2 is 2.00 bits per heavy atom. The lowest BCUT2D eigenvalue weighted by Gasteiger charge is -2.12. The molecule has 0 aromatic heterocycles. The minimum atomic E-state index is 0.214. The number of benzene rings is 1. The molecule has 0 radical (unpaired) electrons. The molecule has 0 saturated carbocycles. The Bertz CT molecular complexity index is 286. The van der Waals surface area contributed by atoms with Crippen LogP contribution in [-0.2, 0) is 4.79 Å². The number of anilines is 1. The molecule has 12 heavy (non-hydrogen) atoms. The Morgan fingerprint density at radius 3 is 2.58 bits per heavy atom. The Morgan fingerprint density at radius 1 is 1.25 bits per heavy atom. The molecule has 0 unspecified atom stereocenters. The molecule has 1 aliphatic rings. The smallest absolute Gasteiger partial charge is 0.237 e. The Kier molecular flexibility index (Phi) is 2.04. The van der Waals surface area contributed by atoms with Gasteiger partial charge in [-0.2, -0.15) is 0 Å². The van der Waals surface area contributed by atoms with Crippen LogP contribution in [-0.4, -0.2) is 11.7 Å². The number of para-hydroxylation sites is 1. The molecule has 1 fully saturated rings. The summed E-state index contributed by atoms with van der Waals surface area (Å²) in [5.74, 6) is 1.12. The van der Waals surface area contributed by atoms with Crippen molar-refractivity contribution in [1.82, 2.24) is 0 Å². The van der Waals surface area contributed by atoms with Crippen LogP contribution < -0.4 is 4.31 Å². The van der Waals surface area contributed by atoms with Crippen LogP contribution in [0.15, 0.2) is 30.3 Å². The van der Waals surface area contributed by atoms with E-state index in [1.165, 1.54) is 0 Å². The van der Waals surface area contributed by atoms with E-state index in [0.717, 1.165) is 11.4 Å². The van der Waals surface area contributed by atoms with Gasteiger partial charge in [0, 0.05) is 12.2 Å². The van der Waals surface area contributed by atoms with Crippen LogP contribution in [0.3, 0.4) is 0 Å². The number of nitrogens with zero attached hydrogens (tertiary/aromatic N) is 1. The highest BCUT2D eigenvalue weighted by atomic mass is 32.2. The van der Waals surface area contributed by atoms with Crippen molar-refractivity contribution in [3.05, 3.63) is 30.3 Å². The molecule has 0 spiro atoms. The molecule has 1 aromatic rings. The summed E-state index contributed by atoms with van der Waals surface area (Å²) in [4.78, 5) is 11.3. The number of hydrogen-bond acceptors (Lipinski definition) is 2. The normalized spacial score (nSPS) is 17.0. The lowest BCUT2D eigenvalue weighted by atomic mass is 10.3. The molecule has 0 bridgehead atoms. The molecular weight excluding hydrogens is 170 g/mol. The summed E-state index contributed by atoms with van der Waals surface area (Å²) < 4.78 is 1.76. The molecule has 0 N–H and O–H groups in total. The summed E-state index contributed by atoms with van der Waals surface area (Å²) in [6, 6.07) is 9.75. The second-order valence-corrected chi connectivity index (χ2v) is 3.64. The van der Waals surface area contributed by atoms with E-state index in [1.54, 1.807) is 16.3 Å². The fraction of sp³-hybridized carbons (Fsp3) is 0.222. The van der Waals surface area contributed by atoms with E-state index >= 15 is 0 Å². The van der Waals surface area contributed by atoms with E-state index < -0.39 is 0 Å². The summed E-state index contributed by atoms with van der Waals surface area (Å²) >= 11 is 1.59. The van der Waals surface area contributed by atoms with Gasteiger partial charge >= 0.3 is 0 Å². The van der Waals surface area contributed by atoms with Crippen molar-refractivity contribution in [2.24, 2.45) is 0 Å². The van der Waals surface area contributed by atoms with Gasteiger partial charge in [0.05, 0.1) is 5.69 Å². The molecule has 1 saturated heterocycles. The summed E-state index contributed by atoms with van der Waals surface area (Å²) in [6.07, 6.45) is 0.666. The van der Waals surface area contributed by atoms with Crippen molar-refractivity contribution in [1.29, 1.82) is 0 Å². The van der Waals surface area contributed by atoms with Crippen LogP contribution in [0.4, 0.5) is 5.69 Å². The van der Waals surface area contributed by atoms with Gasteiger partial charge in [-0.15, -0.1) is 0 Å². The van der Waals surface area contributed by atoms with Gasteiger partial charge in [0.1, 0.15) is 0 Å². The van der Waals surface area contributed by atoms with E-state index in [2.05, 4.69) is 0 Å². The molecule has 1 aliphatic heterocycles. The maximum absolute atomic E-state index is 11.3. The number of carbonyl (C=O) groups is 1. The van der Waals surface area contributed by atoms with Crippen LogP contribution >= 0.6 is 11.9 Å². The van der Waals surface area contributed by atoms with Crippen LogP contribution in [0.1, 0.15) is 6.42 Å². The third-order valence-corrected chi connectivity index (χ3v) is 2.81. The monoisotopic (exact) mass is 179 g/mol. The van der Waals surface area contributed by atoms with E-state index in [0.29, 0.717) is 6.42 Å². The van der Waals surface area contributed by atoms with E-state index in [-0.39, 0.29) is 5.91 Å². The van der Waals surface area contributed by atoms with Gasteiger partial charge in [0.25, 0.3) is 0 Å². The third kappa shape index (κ3) is 1.32. The molecule has 1 amide bonds. The highest BCUT2D eigenvalue weighted by Crippen LogP contribution is 2.28. The minimum absolute atomic E-state index is 0.214. The quantitative estimate of drug-likeness (QED) is 0.615. The predicted molar refractivity (Wildman–Crippen MR) is 51.0 cm³/mol. The minimum Gasteiger partial charge on any atom is -0.274 e. The van der Waals surface area contributed by atoms with Crippen molar-refractivity contribution >= 4 is 23.5 Å². The van der Waals surface area contributed by atoms with Crippen LogP contribution in [0, 0.1) is 0 Å². The largest absolute Gasteiger partial charge is 0.274 e. The first-order chi connectivity index (χ1) is 5.88. The lowest BCUT2D eigenvalue weighted by Crippen LogP contribution is -2.16. The van der Waals surface area contributed by atoms with Gasteiger partial charge in [-0.25, -0.2) is 0 Å². The molecule has 3 heteroatoms. The predicted octanol–water partition coefficient (Wildman–Crippen LogP) is 2.07. The third-order valence-electron chi connectivity index (χ3n) is 1.75. The van der Waals surface area contributed by atoms with Crippen molar-refractivity contribution in [3.63, 3.8) is 0 Å². The van der Waals surface area contributed by atoms with Crippen LogP contribution in [0.25, 0.3) is 0 Å². The summed E-state index contributed by atoms with van der Waals surface area (Å²) in [6.45, 7) is 0. The van der Waals surface area contributed by atoms with Crippen LogP contribution in [0.2, 0.25) is 0 Å². The highest BCUT2D eigenvalue weighted by Gasteiger charge is 2.22. The number of hydrogen-bond donors (Lipinski definition) is 0. The fourth-order valence-electron chi connectivity index (χ4n) is 1.18. The molecular formula is C9H9NOS. The zero-order chi connectivity index (χ0) is 8.39. The van der Waals surface area contributed by atoms with Gasteiger partial charge in [-0.1, -0.05) is 18.2 Å². The van der Waals surface area contributed by atoms with Gasteiger partial charge in [-0.3, -0.25) is 9.10 Å². The molecule has 1 aromatic carbocycles. The fourth-order valence-corrected chi connectivity index (χ4v) is 2.13. The second kappa shape index (κ2) is 3.19. The van der Waals surface area contributed by atoms with Crippen molar-refractivity contribution in [2.45, 2.75) is 6.42 Å². The highest BCUT2D eigenvalue weighted by molar-refractivity contribution is 8.01. The van der Waals surface area contributed by atoms with E-state index in [4.69, 9.17) is 0 Å². The molecule has 62 valence electrons. The van der Waals surface area contributed by atoms with Gasteiger partial charge in [0.15, 0.2) is 0 Å². The zero-order valence-electron chi connectivity index (χ0n) is 6.56. The topological polar surface area (TPSA) is 20.3 Å². The summed E-state index contributed by atoms with van der Waals surface area (Å²) in [5.41, 5.74) is 0.991. The van der Waals surface area contributed by atoms with E-state index in [1.807, 2.05) is 30.3 Å². The zero-order valence-corrected chi connectivity index (χ0v) is 7.38. The second-order valence-electron chi connectivity index (χ2n) is 2.61. The van der Waals surface area contributed by atoms with Gasteiger partial charge in [-0.05, 0) is 24.1 Å². The first-order valence-corrected chi connectivity index (χ1v) is 4.83. The number of rotatable bonds is 1. The average molecular weight is 179 g/mol. The average Bonchev–Trinajstić information content (AvgIpc) is 2.53. The SMILES string of the molecule is O=C1CCSN1c1ccccc1. The molecule has 2 rings (SSSR count). The van der Waals surface area contributed by atoms with Gasteiger partial charge in [0.2, 0.25) is 5.91 Å². The maximum Gasteiger partial charge on any atom is 0.237 e. The Labute approximate surface area is 75.7 Å². The first-order valence-electron chi connectivity index (χ1n) is 3.89. The molecule has 0 aliphatic carbocycles.